The van der Waals surface area contributed by atoms with Crippen LogP contribution in [0.4, 0.5) is 8.78 Å². The lowest BCUT2D eigenvalue weighted by atomic mass is 9.91. The van der Waals surface area contributed by atoms with E-state index in [1.54, 1.807) is 6.92 Å². The van der Waals surface area contributed by atoms with Crippen molar-refractivity contribution in [1.82, 2.24) is 5.32 Å². The standard InChI is InChI=1S/C11H19F2NO3/c1-7(5-8-3-4-14-10(8)16)9(15)6-17-11(2,12)13/h7-9,15H,3-6H2,1-2H3,(H,14,16)/t7-,8-,9?/m0/s1. The highest BCUT2D eigenvalue weighted by Gasteiger charge is 2.30. The molecule has 1 rings (SSSR count). The van der Waals surface area contributed by atoms with E-state index < -0.39 is 18.8 Å². The highest BCUT2D eigenvalue weighted by Crippen LogP contribution is 2.23. The molecular weight excluding hydrogens is 232 g/mol. The largest absolute Gasteiger partial charge is 0.390 e. The molecule has 4 nitrogen and oxygen atoms in total. The van der Waals surface area contributed by atoms with E-state index in [9.17, 15) is 18.7 Å². The molecule has 1 aliphatic heterocycles. The van der Waals surface area contributed by atoms with Crippen molar-refractivity contribution in [2.24, 2.45) is 11.8 Å². The third kappa shape index (κ3) is 4.95. The van der Waals surface area contributed by atoms with Gasteiger partial charge < -0.3 is 15.2 Å². The number of carbonyl (C=O) groups excluding carboxylic acids is 1. The van der Waals surface area contributed by atoms with Crippen LogP contribution in [-0.4, -0.2) is 36.4 Å². The predicted octanol–water partition coefficient (Wildman–Crippen LogP) is 1.14. The molecule has 1 aliphatic rings. The summed E-state index contributed by atoms with van der Waals surface area (Å²) < 4.78 is 29.1. The van der Waals surface area contributed by atoms with Gasteiger partial charge in [0.25, 0.3) is 0 Å². The number of ether oxygens (including phenoxy) is 1. The molecule has 1 unspecified atom stereocenters. The molecule has 0 saturated carbocycles. The first kappa shape index (κ1) is 14.3. The predicted molar refractivity (Wildman–Crippen MR) is 57.5 cm³/mol. The maximum atomic E-state index is 12.4. The number of halogens is 2. The first-order valence-electron chi connectivity index (χ1n) is 5.77. The normalized spacial score (nSPS) is 24.5. The molecule has 0 bridgehead atoms. The highest BCUT2D eigenvalue weighted by molar-refractivity contribution is 5.80. The van der Waals surface area contributed by atoms with Gasteiger partial charge in [0, 0.05) is 19.4 Å². The van der Waals surface area contributed by atoms with Crippen LogP contribution in [0.5, 0.6) is 0 Å². The molecule has 1 heterocycles. The van der Waals surface area contributed by atoms with E-state index in [1.807, 2.05) is 0 Å². The Balaban J connectivity index is 2.31. The molecule has 0 aliphatic carbocycles. The molecule has 100 valence electrons. The number of hydrogen-bond acceptors (Lipinski definition) is 3. The Morgan fingerprint density at radius 2 is 2.29 bits per heavy atom. The van der Waals surface area contributed by atoms with E-state index in [-0.39, 0.29) is 17.7 Å². The SMILES string of the molecule is C[C@@H](C[C@@H]1CCNC1=O)C(O)COC(C)(F)F. The Bertz CT molecular complexity index is 268. The van der Waals surface area contributed by atoms with E-state index in [1.165, 1.54) is 0 Å². The van der Waals surface area contributed by atoms with E-state index in [0.29, 0.717) is 19.9 Å². The molecule has 1 saturated heterocycles. The second kappa shape index (κ2) is 5.73. The van der Waals surface area contributed by atoms with Crippen molar-refractivity contribution in [3.63, 3.8) is 0 Å². The number of hydrogen-bond donors (Lipinski definition) is 2. The van der Waals surface area contributed by atoms with Crippen LogP contribution < -0.4 is 5.32 Å². The van der Waals surface area contributed by atoms with E-state index >= 15 is 0 Å². The Morgan fingerprint density at radius 3 is 2.76 bits per heavy atom. The van der Waals surface area contributed by atoms with Crippen molar-refractivity contribution in [3.8, 4) is 0 Å². The molecule has 0 spiro atoms. The Kier molecular flexibility index (Phi) is 4.82. The monoisotopic (exact) mass is 251 g/mol. The molecule has 0 aromatic heterocycles. The fraction of sp³-hybridized carbons (Fsp3) is 0.909. The van der Waals surface area contributed by atoms with Gasteiger partial charge in [0.2, 0.25) is 5.91 Å². The third-order valence-corrected chi connectivity index (χ3v) is 2.98. The van der Waals surface area contributed by atoms with Gasteiger partial charge in [-0.3, -0.25) is 4.79 Å². The van der Waals surface area contributed by atoms with Gasteiger partial charge in [-0.1, -0.05) is 6.92 Å². The van der Waals surface area contributed by atoms with Crippen LogP contribution in [0.15, 0.2) is 0 Å². The third-order valence-electron chi connectivity index (χ3n) is 2.98. The van der Waals surface area contributed by atoms with Crippen molar-refractivity contribution < 1.29 is 23.4 Å². The number of aliphatic hydroxyl groups is 1. The van der Waals surface area contributed by atoms with Crippen molar-refractivity contribution in [3.05, 3.63) is 0 Å². The van der Waals surface area contributed by atoms with Crippen LogP contribution in [0.3, 0.4) is 0 Å². The van der Waals surface area contributed by atoms with E-state index in [2.05, 4.69) is 10.1 Å². The van der Waals surface area contributed by atoms with Crippen LogP contribution >= 0.6 is 0 Å². The number of rotatable bonds is 6. The average molecular weight is 251 g/mol. The van der Waals surface area contributed by atoms with Crippen molar-refractivity contribution in [2.75, 3.05) is 13.2 Å². The van der Waals surface area contributed by atoms with Gasteiger partial charge in [-0.05, 0) is 18.8 Å². The average Bonchev–Trinajstić information content (AvgIpc) is 2.59. The minimum atomic E-state index is -3.23. The lowest BCUT2D eigenvalue weighted by molar-refractivity contribution is -0.237. The summed E-state index contributed by atoms with van der Waals surface area (Å²) in [6.07, 6.45) is -2.98. The summed E-state index contributed by atoms with van der Waals surface area (Å²) in [5.41, 5.74) is 0. The number of nitrogens with one attached hydrogen (secondary N) is 1. The summed E-state index contributed by atoms with van der Waals surface area (Å²) in [4.78, 5) is 11.3. The van der Waals surface area contributed by atoms with Crippen LogP contribution in [0, 0.1) is 11.8 Å². The first-order chi connectivity index (χ1) is 7.79. The van der Waals surface area contributed by atoms with Crippen LogP contribution in [0.1, 0.15) is 26.7 Å². The van der Waals surface area contributed by atoms with Crippen LogP contribution in [0.25, 0.3) is 0 Å². The highest BCUT2D eigenvalue weighted by atomic mass is 19.3. The molecule has 0 radical (unpaired) electrons. The maximum absolute atomic E-state index is 12.4. The molecule has 1 amide bonds. The van der Waals surface area contributed by atoms with Crippen molar-refractivity contribution in [2.45, 2.75) is 38.9 Å². The summed E-state index contributed by atoms with van der Waals surface area (Å²) in [6, 6.07) is 0. The minimum Gasteiger partial charge on any atom is -0.390 e. The molecule has 0 aromatic carbocycles. The lowest BCUT2D eigenvalue weighted by Gasteiger charge is -2.22. The van der Waals surface area contributed by atoms with E-state index in [0.717, 1.165) is 6.42 Å². The molecular formula is C11H19F2NO3. The maximum Gasteiger partial charge on any atom is 0.353 e. The Labute approximate surface area is 99.3 Å². The second-order valence-electron chi connectivity index (χ2n) is 4.68. The molecule has 3 atom stereocenters. The lowest BCUT2D eigenvalue weighted by Crippen LogP contribution is -2.31. The van der Waals surface area contributed by atoms with E-state index in [4.69, 9.17) is 0 Å². The minimum absolute atomic E-state index is 0.0224. The summed E-state index contributed by atoms with van der Waals surface area (Å²) in [5.74, 6) is -0.390. The number of amides is 1. The second-order valence-corrected chi connectivity index (χ2v) is 4.68. The molecule has 17 heavy (non-hydrogen) atoms. The van der Waals surface area contributed by atoms with Gasteiger partial charge in [0.05, 0.1) is 12.7 Å². The summed E-state index contributed by atoms with van der Waals surface area (Å²) in [5, 5.41) is 12.3. The fourth-order valence-corrected chi connectivity index (χ4v) is 1.87. The van der Waals surface area contributed by atoms with Gasteiger partial charge in [-0.15, -0.1) is 0 Å². The summed E-state index contributed by atoms with van der Waals surface area (Å²) >= 11 is 0. The van der Waals surface area contributed by atoms with Gasteiger partial charge in [-0.2, -0.15) is 8.78 Å². The number of carbonyl (C=O) groups is 1. The van der Waals surface area contributed by atoms with Gasteiger partial charge >= 0.3 is 6.11 Å². The summed E-state index contributed by atoms with van der Waals surface area (Å²) in [7, 11) is 0. The van der Waals surface area contributed by atoms with Crippen LogP contribution in [0.2, 0.25) is 0 Å². The molecule has 2 N–H and O–H groups in total. The Morgan fingerprint density at radius 1 is 1.65 bits per heavy atom. The number of aliphatic hydroxyl groups excluding tert-OH is 1. The Hall–Kier alpha value is -0.750. The van der Waals surface area contributed by atoms with Gasteiger partial charge in [-0.25, -0.2) is 0 Å². The van der Waals surface area contributed by atoms with Crippen molar-refractivity contribution in [1.29, 1.82) is 0 Å². The van der Waals surface area contributed by atoms with Crippen molar-refractivity contribution >= 4 is 5.91 Å². The summed E-state index contributed by atoms with van der Waals surface area (Å²) in [6.45, 7) is 2.59. The van der Waals surface area contributed by atoms with Gasteiger partial charge in [0.15, 0.2) is 0 Å². The fourth-order valence-electron chi connectivity index (χ4n) is 1.87. The molecule has 6 heteroatoms. The zero-order valence-corrected chi connectivity index (χ0v) is 10.1. The number of alkyl halides is 2. The molecule has 1 fully saturated rings. The zero-order chi connectivity index (χ0) is 13.1. The quantitative estimate of drug-likeness (QED) is 0.744. The molecule has 0 aromatic rings. The van der Waals surface area contributed by atoms with Crippen LogP contribution in [-0.2, 0) is 9.53 Å². The zero-order valence-electron chi connectivity index (χ0n) is 10.1. The van der Waals surface area contributed by atoms with Gasteiger partial charge in [0.1, 0.15) is 0 Å². The first-order valence-corrected chi connectivity index (χ1v) is 5.77. The smallest absolute Gasteiger partial charge is 0.353 e. The topological polar surface area (TPSA) is 58.6 Å².